The van der Waals surface area contributed by atoms with Crippen LogP contribution in [0.15, 0.2) is 45.9 Å². The van der Waals surface area contributed by atoms with E-state index in [2.05, 4.69) is 26.2 Å². The summed E-state index contributed by atoms with van der Waals surface area (Å²) in [6.45, 7) is 3.49. The van der Waals surface area contributed by atoms with Crippen LogP contribution in [0.3, 0.4) is 0 Å². The summed E-state index contributed by atoms with van der Waals surface area (Å²) in [5.74, 6) is 0.248. The van der Waals surface area contributed by atoms with E-state index >= 15 is 0 Å². The van der Waals surface area contributed by atoms with Gasteiger partial charge < -0.3 is 15.1 Å². The van der Waals surface area contributed by atoms with Gasteiger partial charge in [-0.2, -0.15) is 4.68 Å². The summed E-state index contributed by atoms with van der Waals surface area (Å²) in [4.78, 5) is 25.4. The van der Waals surface area contributed by atoms with Crippen LogP contribution in [0.25, 0.3) is 5.69 Å². The summed E-state index contributed by atoms with van der Waals surface area (Å²) in [5, 5.41) is 17.1. The van der Waals surface area contributed by atoms with Crippen LogP contribution in [0.5, 0.6) is 0 Å². The lowest BCUT2D eigenvalue weighted by Gasteiger charge is -2.22. The molecule has 1 unspecified atom stereocenters. The highest BCUT2D eigenvalue weighted by Gasteiger charge is 2.23. The Labute approximate surface area is 172 Å². The Hall–Kier alpha value is -3.04. The van der Waals surface area contributed by atoms with Crippen molar-refractivity contribution in [3.05, 3.63) is 64.0 Å². The molecule has 2 N–H and O–H groups in total. The molecule has 1 aliphatic heterocycles. The van der Waals surface area contributed by atoms with Crippen molar-refractivity contribution in [3.8, 4) is 5.69 Å². The minimum absolute atomic E-state index is 0. The van der Waals surface area contributed by atoms with Gasteiger partial charge >= 0.3 is 5.63 Å². The lowest BCUT2D eigenvalue weighted by Crippen LogP contribution is -2.30. The number of tetrazole rings is 1. The van der Waals surface area contributed by atoms with Crippen LogP contribution in [0.2, 0.25) is 0 Å². The van der Waals surface area contributed by atoms with Gasteiger partial charge in [0.1, 0.15) is 17.7 Å². The molecule has 1 saturated heterocycles. The fraction of sp³-hybridized carbons (Fsp3) is 0.316. The van der Waals surface area contributed by atoms with Crippen molar-refractivity contribution in [2.45, 2.75) is 25.7 Å². The Kier molecular flexibility index (Phi) is 6.40. The second kappa shape index (κ2) is 8.97. The second-order valence-electron chi connectivity index (χ2n) is 6.76. The van der Waals surface area contributed by atoms with Crippen molar-refractivity contribution < 1.29 is 9.21 Å². The molecule has 29 heavy (non-hydrogen) atoms. The van der Waals surface area contributed by atoms with E-state index in [-0.39, 0.29) is 23.9 Å². The zero-order chi connectivity index (χ0) is 19.5. The number of hydrogen-bond acceptors (Lipinski definition) is 7. The predicted molar refractivity (Wildman–Crippen MR) is 109 cm³/mol. The van der Waals surface area contributed by atoms with Crippen LogP contribution in [0.4, 0.5) is 5.69 Å². The van der Waals surface area contributed by atoms with E-state index in [1.807, 2.05) is 0 Å². The summed E-state index contributed by atoms with van der Waals surface area (Å²) in [6.07, 6.45) is 3.42. The predicted octanol–water partition coefficient (Wildman–Crippen LogP) is 2.07. The molecule has 1 amide bonds. The number of rotatable bonds is 4. The monoisotopic (exact) mass is 416 g/mol. The number of amides is 1. The molecule has 3 aromatic rings. The smallest absolute Gasteiger partial charge is 0.349 e. The van der Waals surface area contributed by atoms with Gasteiger partial charge in [-0.05, 0) is 60.5 Å². The summed E-state index contributed by atoms with van der Waals surface area (Å²) < 4.78 is 6.93. The van der Waals surface area contributed by atoms with E-state index < -0.39 is 11.5 Å². The highest BCUT2D eigenvalue weighted by Crippen LogP contribution is 2.24. The van der Waals surface area contributed by atoms with Crippen LogP contribution in [0.1, 0.15) is 40.4 Å². The Morgan fingerprint density at radius 2 is 2.17 bits per heavy atom. The number of carbonyl (C=O) groups excluding carboxylic acids is 1. The summed E-state index contributed by atoms with van der Waals surface area (Å²) in [5.41, 5.74) is 1.04. The van der Waals surface area contributed by atoms with Crippen LogP contribution in [0, 0.1) is 6.92 Å². The molecule has 3 heterocycles. The van der Waals surface area contributed by atoms with E-state index in [0.29, 0.717) is 22.7 Å². The second-order valence-corrected chi connectivity index (χ2v) is 6.76. The van der Waals surface area contributed by atoms with Gasteiger partial charge in [-0.1, -0.05) is 12.1 Å². The van der Waals surface area contributed by atoms with Gasteiger partial charge in [-0.3, -0.25) is 4.79 Å². The van der Waals surface area contributed by atoms with Crippen molar-refractivity contribution in [1.29, 1.82) is 0 Å². The number of nitrogens with zero attached hydrogens (tertiary/aromatic N) is 4. The SMILES string of the molecule is Cc1cc(C2CCCNC2)oc(=O)c1C(=O)Nc1ccccc1-n1cnnn1.Cl. The van der Waals surface area contributed by atoms with E-state index in [1.165, 1.54) is 11.0 Å². The average Bonchev–Trinajstić information content (AvgIpc) is 3.23. The third kappa shape index (κ3) is 4.36. The zero-order valence-electron chi connectivity index (χ0n) is 15.8. The van der Waals surface area contributed by atoms with Crippen LogP contribution < -0.4 is 16.3 Å². The normalized spacial score (nSPS) is 16.1. The van der Waals surface area contributed by atoms with Crippen molar-refractivity contribution in [1.82, 2.24) is 25.5 Å². The molecule has 0 aliphatic carbocycles. The number of aromatic nitrogens is 4. The molecule has 1 atom stereocenters. The summed E-state index contributed by atoms with van der Waals surface area (Å²) in [7, 11) is 0. The summed E-state index contributed by atoms with van der Waals surface area (Å²) in [6, 6.07) is 8.85. The first-order chi connectivity index (χ1) is 13.6. The van der Waals surface area contributed by atoms with Crippen LogP contribution >= 0.6 is 12.4 Å². The van der Waals surface area contributed by atoms with Gasteiger partial charge in [0.25, 0.3) is 5.91 Å². The molecular weight excluding hydrogens is 396 g/mol. The molecule has 0 spiro atoms. The number of para-hydroxylation sites is 2. The minimum Gasteiger partial charge on any atom is -0.427 e. The Morgan fingerprint density at radius 3 is 2.86 bits per heavy atom. The molecule has 152 valence electrons. The van der Waals surface area contributed by atoms with Gasteiger partial charge in [-0.15, -0.1) is 17.5 Å². The number of aryl methyl sites for hydroxylation is 1. The average molecular weight is 417 g/mol. The van der Waals surface area contributed by atoms with E-state index in [9.17, 15) is 9.59 Å². The topological polar surface area (TPSA) is 115 Å². The van der Waals surface area contributed by atoms with Crippen molar-refractivity contribution >= 4 is 24.0 Å². The Morgan fingerprint density at radius 1 is 1.34 bits per heavy atom. The number of nitrogens with one attached hydrogen (secondary N) is 2. The Bertz CT molecular complexity index is 1040. The molecule has 2 aromatic heterocycles. The highest BCUT2D eigenvalue weighted by molar-refractivity contribution is 6.05. The molecule has 0 saturated carbocycles. The molecule has 4 rings (SSSR count). The molecular formula is C19H21ClN6O3. The van der Waals surface area contributed by atoms with E-state index in [0.717, 1.165) is 25.9 Å². The lowest BCUT2D eigenvalue weighted by molar-refractivity contribution is 0.102. The summed E-state index contributed by atoms with van der Waals surface area (Å²) >= 11 is 0. The first-order valence-electron chi connectivity index (χ1n) is 9.12. The maximum atomic E-state index is 12.8. The molecule has 10 heteroatoms. The van der Waals surface area contributed by atoms with Gasteiger partial charge in [-0.25, -0.2) is 4.79 Å². The Balaban J connectivity index is 0.00000240. The molecule has 0 radical (unpaired) electrons. The molecule has 1 aliphatic rings. The molecule has 1 aromatic carbocycles. The third-order valence-electron chi connectivity index (χ3n) is 4.84. The number of anilines is 1. The lowest BCUT2D eigenvalue weighted by atomic mass is 9.95. The fourth-order valence-electron chi connectivity index (χ4n) is 3.44. The maximum Gasteiger partial charge on any atom is 0.349 e. The molecule has 9 nitrogen and oxygen atoms in total. The van der Waals surface area contributed by atoms with Crippen LogP contribution in [-0.4, -0.2) is 39.2 Å². The quantitative estimate of drug-likeness (QED) is 0.668. The number of benzene rings is 1. The van der Waals surface area contributed by atoms with Crippen LogP contribution in [-0.2, 0) is 0 Å². The number of halogens is 1. The van der Waals surface area contributed by atoms with E-state index in [4.69, 9.17) is 4.42 Å². The third-order valence-corrected chi connectivity index (χ3v) is 4.84. The molecule has 1 fully saturated rings. The standard InChI is InChI=1S/C19H20N6O3.ClH/c1-12-9-16(13-5-4-8-20-10-13)28-19(27)17(12)18(26)22-14-6-2-3-7-15(14)25-11-21-23-24-25;/h2-3,6-7,9,11,13,20H,4-5,8,10H2,1H3,(H,22,26);1H. The van der Waals surface area contributed by atoms with Gasteiger partial charge in [0, 0.05) is 12.5 Å². The first kappa shape index (κ1) is 20.7. The van der Waals surface area contributed by atoms with Gasteiger partial charge in [0.2, 0.25) is 0 Å². The van der Waals surface area contributed by atoms with E-state index in [1.54, 1.807) is 37.3 Å². The van der Waals surface area contributed by atoms with Crippen molar-refractivity contribution in [3.63, 3.8) is 0 Å². The maximum absolute atomic E-state index is 12.8. The van der Waals surface area contributed by atoms with Gasteiger partial charge in [0.05, 0.1) is 11.4 Å². The number of hydrogen-bond donors (Lipinski definition) is 2. The largest absolute Gasteiger partial charge is 0.427 e. The molecule has 0 bridgehead atoms. The highest BCUT2D eigenvalue weighted by atomic mass is 35.5. The fourth-order valence-corrected chi connectivity index (χ4v) is 3.44. The minimum atomic E-state index is -0.627. The zero-order valence-corrected chi connectivity index (χ0v) is 16.6. The van der Waals surface area contributed by atoms with Crippen molar-refractivity contribution in [2.75, 3.05) is 18.4 Å². The first-order valence-corrected chi connectivity index (χ1v) is 9.12. The van der Waals surface area contributed by atoms with Crippen molar-refractivity contribution in [2.24, 2.45) is 0 Å². The number of carbonyl (C=O) groups is 1. The number of piperidine rings is 1. The van der Waals surface area contributed by atoms with Gasteiger partial charge in [0.15, 0.2) is 0 Å².